The summed E-state index contributed by atoms with van der Waals surface area (Å²) in [6.45, 7) is 2.51. The summed E-state index contributed by atoms with van der Waals surface area (Å²) >= 11 is 0. The van der Waals surface area contributed by atoms with E-state index in [0.717, 1.165) is 17.2 Å². The van der Waals surface area contributed by atoms with Gasteiger partial charge in [0, 0.05) is 19.5 Å². The van der Waals surface area contributed by atoms with Gasteiger partial charge in [0.1, 0.15) is 11.5 Å². The van der Waals surface area contributed by atoms with Gasteiger partial charge in [-0.05, 0) is 17.9 Å². The van der Waals surface area contributed by atoms with Crippen LogP contribution in [-0.2, 0) is 4.74 Å². The third-order valence-electron chi connectivity index (χ3n) is 3.41. The first-order valence-corrected chi connectivity index (χ1v) is 7.07. The van der Waals surface area contributed by atoms with Crippen LogP contribution in [0.2, 0.25) is 0 Å². The highest BCUT2D eigenvalue weighted by atomic mass is 16.5. The molecule has 2 N–H and O–H groups in total. The van der Waals surface area contributed by atoms with Crippen LogP contribution in [-0.4, -0.2) is 37.7 Å². The van der Waals surface area contributed by atoms with Gasteiger partial charge in [-0.25, -0.2) is 4.98 Å². The summed E-state index contributed by atoms with van der Waals surface area (Å²) < 4.78 is 5.10. The Labute approximate surface area is 124 Å². The summed E-state index contributed by atoms with van der Waals surface area (Å²) in [4.78, 5) is 16.7. The molecule has 0 aliphatic carbocycles. The van der Waals surface area contributed by atoms with E-state index in [2.05, 4.69) is 15.6 Å². The Morgan fingerprint density at radius 1 is 1.38 bits per heavy atom. The van der Waals surface area contributed by atoms with E-state index in [9.17, 15) is 4.79 Å². The molecule has 5 heteroatoms. The van der Waals surface area contributed by atoms with Crippen molar-refractivity contribution in [2.75, 3.05) is 26.1 Å². The molecule has 112 valence electrons. The fourth-order valence-electron chi connectivity index (χ4n) is 2.23. The van der Waals surface area contributed by atoms with E-state index in [1.807, 2.05) is 37.3 Å². The van der Waals surface area contributed by atoms with Crippen LogP contribution in [0.5, 0.6) is 0 Å². The van der Waals surface area contributed by atoms with Gasteiger partial charge in [-0.1, -0.05) is 31.2 Å². The second-order valence-corrected chi connectivity index (χ2v) is 4.86. The summed E-state index contributed by atoms with van der Waals surface area (Å²) in [7, 11) is 3.43. The zero-order valence-corrected chi connectivity index (χ0v) is 12.6. The number of rotatable bonds is 6. The Balaban J connectivity index is 2.31. The number of nitrogens with one attached hydrogen (secondary N) is 2. The highest BCUT2D eigenvalue weighted by Crippen LogP contribution is 2.22. The monoisotopic (exact) mass is 287 g/mol. The normalized spacial score (nSPS) is 12.1. The van der Waals surface area contributed by atoms with Crippen LogP contribution in [0.25, 0.3) is 10.8 Å². The molecule has 0 spiro atoms. The van der Waals surface area contributed by atoms with Crippen LogP contribution < -0.4 is 10.6 Å². The van der Waals surface area contributed by atoms with Gasteiger partial charge in [-0.2, -0.15) is 0 Å². The number of amides is 1. The minimum absolute atomic E-state index is 0.00574. The Kier molecular flexibility index (Phi) is 5.11. The van der Waals surface area contributed by atoms with Crippen molar-refractivity contribution in [3.8, 4) is 0 Å². The molecule has 1 heterocycles. The van der Waals surface area contributed by atoms with E-state index in [1.54, 1.807) is 14.2 Å². The smallest absolute Gasteiger partial charge is 0.270 e. The summed E-state index contributed by atoms with van der Waals surface area (Å²) in [5, 5.41) is 7.98. The molecule has 0 saturated heterocycles. The molecule has 1 amide bonds. The Morgan fingerprint density at radius 3 is 2.81 bits per heavy atom. The van der Waals surface area contributed by atoms with Crippen molar-refractivity contribution in [3.63, 3.8) is 0 Å². The van der Waals surface area contributed by atoms with Crippen molar-refractivity contribution in [1.82, 2.24) is 10.3 Å². The zero-order chi connectivity index (χ0) is 15.2. The molecule has 1 unspecified atom stereocenters. The molecule has 1 aromatic carbocycles. The van der Waals surface area contributed by atoms with Gasteiger partial charge >= 0.3 is 0 Å². The number of carbonyl (C=O) groups excluding carboxylic acids is 1. The van der Waals surface area contributed by atoms with Gasteiger partial charge in [-0.3, -0.25) is 4.79 Å². The van der Waals surface area contributed by atoms with Gasteiger partial charge < -0.3 is 15.4 Å². The van der Waals surface area contributed by atoms with Gasteiger partial charge in [0.2, 0.25) is 0 Å². The lowest BCUT2D eigenvalue weighted by Crippen LogP contribution is -2.37. The summed E-state index contributed by atoms with van der Waals surface area (Å²) in [5.41, 5.74) is 0.410. The third kappa shape index (κ3) is 3.49. The van der Waals surface area contributed by atoms with E-state index >= 15 is 0 Å². The molecule has 2 aromatic rings. The Morgan fingerprint density at radius 2 is 2.14 bits per heavy atom. The molecular formula is C16H21N3O2. The summed E-state index contributed by atoms with van der Waals surface area (Å²) in [5.74, 6) is 0.527. The number of methoxy groups -OCH3 is 1. The Hall–Kier alpha value is -2.14. The van der Waals surface area contributed by atoms with Crippen molar-refractivity contribution in [2.24, 2.45) is 0 Å². The third-order valence-corrected chi connectivity index (χ3v) is 3.41. The maximum atomic E-state index is 12.3. The van der Waals surface area contributed by atoms with E-state index < -0.39 is 0 Å². The molecule has 1 atom stereocenters. The van der Waals surface area contributed by atoms with Crippen LogP contribution in [0.4, 0.5) is 5.82 Å². The highest BCUT2D eigenvalue weighted by Gasteiger charge is 2.15. The second kappa shape index (κ2) is 7.04. The minimum Gasteiger partial charge on any atom is -0.383 e. The molecule has 0 bridgehead atoms. The summed E-state index contributed by atoms with van der Waals surface area (Å²) in [6, 6.07) is 9.66. The Bertz CT molecular complexity index is 628. The van der Waals surface area contributed by atoms with Crippen LogP contribution in [0.15, 0.2) is 30.3 Å². The molecule has 5 nitrogen and oxygen atoms in total. The molecule has 0 radical (unpaired) electrons. The molecule has 0 fully saturated rings. The van der Waals surface area contributed by atoms with Gasteiger partial charge in [-0.15, -0.1) is 0 Å². The number of anilines is 1. The van der Waals surface area contributed by atoms with Crippen LogP contribution in [0.1, 0.15) is 23.8 Å². The van der Waals surface area contributed by atoms with Gasteiger partial charge in [0.25, 0.3) is 5.91 Å². The highest BCUT2D eigenvalue weighted by molar-refractivity contribution is 6.00. The average molecular weight is 287 g/mol. The lowest BCUT2D eigenvalue weighted by atomic mass is 10.1. The number of aromatic nitrogens is 1. The number of hydrogen-bond donors (Lipinski definition) is 2. The molecule has 0 saturated carbocycles. The maximum absolute atomic E-state index is 12.3. The second-order valence-electron chi connectivity index (χ2n) is 4.86. The predicted octanol–water partition coefficient (Wildman–Crippen LogP) is 2.43. The molecule has 21 heavy (non-hydrogen) atoms. The zero-order valence-electron chi connectivity index (χ0n) is 12.6. The average Bonchev–Trinajstić information content (AvgIpc) is 2.53. The standard InChI is InChI=1S/C16H21N3O2/c1-4-12(10-21-3)18-16(20)14-9-11-7-5-6-8-13(11)15(17-2)19-14/h5-9,12H,4,10H2,1-3H3,(H,17,19)(H,18,20). The number of hydrogen-bond acceptors (Lipinski definition) is 4. The van der Waals surface area contributed by atoms with Crippen molar-refractivity contribution in [1.29, 1.82) is 0 Å². The van der Waals surface area contributed by atoms with E-state index in [4.69, 9.17) is 4.74 Å². The fourth-order valence-corrected chi connectivity index (χ4v) is 2.23. The lowest BCUT2D eigenvalue weighted by molar-refractivity contribution is 0.0890. The SMILES string of the molecule is CCC(COC)NC(=O)c1cc2ccccc2c(NC)n1. The number of fused-ring (bicyclic) bond motifs is 1. The largest absolute Gasteiger partial charge is 0.383 e. The minimum atomic E-state index is -0.179. The van der Waals surface area contributed by atoms with Crippen LogP contribution >= 0.6 is 0 Å². The van der Waals surface area contributed by atoms with Crippen LogP contribution in [0.3, 0.4) is 0 Å². The molecule has 0 aliphatic rings. The fraction of sp³-hybridized carbons (Fsp3) is 0.375. The number of ether oxygens (including phenoxy) is 1. The van der Waals surface area contributed by atoms with E-state index in [0.29, 0.717) is 18.1 Å². The maximum Gasteiger partial charge on any atom is 0.270 e. The first-order chi connectivity index (χ1) is 10.2. The molecule has 0 aliphatic heterocycles. The topological polar surface area (TPSA) is 63.2 Å². The number of benzene rings is 1. The van der Waals surface area contributed by atoms with Crippen molar-refractivity contribution in [3.05, 3.63) is 36.0 Å². The number of pyridine rings is 1. The number of carbonyl (C=O) groups is 1. The molecular weight excluding hydrogens is 266 g/mol. The quantitative estimate of drug-likeness (QED) is 0.856. The lowest BCUT2D eigenvalue weighted by Gasteiger charge is -2.16. The molecule has 2 rings (SSSR count). The first-order valence-electron chi connectivity index (χ1n) is 7.07. The summed E-state index contributed by atoms with van der Waals surface area (Å²) in [6.07, 6.45) is 0.812. The number of nitrogens with zero attached hydrogens (tertiary/aromatic N) is 1. The van der Waals surface area contributed by atoms with Crippen molar-refractivity contribution in [2.45, 2.75) is 19.4 Å². The predicted molar refractivity (Wildman–Crippen MR) is 84.7 cm³/mol. The van der Waals surface area contributed by atoms with Gasteiger partial charge in [0.15, 0.2) is 0 Å². The van der Waals surface area contributed by atoms with Crippen LogP contribution in [0, 0.1) is 0 Å². The van der Waals surface area contributed by atoms with E-state index in [-0.39, 0.29) is 11.9 Å². The van der Waals surface area contributed by atoms with Gasteiger partial charge in [0.05, 0.1) is 12.6 Å². The van der Waals surface area contributed by atoms with E-state index in [1.165, 1.54) is 0 Å². The van der Waals surface area contributed by atoms with Crippen molar-refractivity contribution < 1.29 is 9.53 Å². The van der Waals surface area contributed by atoms with Crippen molar-refractivity contribution >= 4 is 22.5 Å². The molecule has 1 aromatic heterocycles. The first kappa shape index (κ1) is 15.3.